The maximum Gasteiger partial charge on any atom is 0.269 e. The zero-order valence-electron chi connectivity index (χ0n) is 19.7. The smallest absolute Gasteiger partial charge is 0.269 e. The molecule has 3 atom stereocenters. The van der Waals surface area contributed by atoms with E-state index in [0.29, 0.717) is 12.0 Å². The molecule has 3 N–H and O–H groups in total. The monoisotopic (exact) mass is 489 g/mol. The molecule has 2 aromatic carbocycles. The van der Waals surface area contributed by atoms with Crippen molar-refractivity contribution in [3.8, 4) is 0 Å². The molecule has 1 aromatic heterocycles. The molecule has 184 valence electrons. The van der Waals surface area contributed by atoms with E-state index in [2.05, 4.69) is 27.5 Å². The Kier molecular flexibility index (Phi) is 5.87. The van der Waals surface area contributed by atoms with Crippen LogP contribution in [0.25, 0.3) is 0 Å². The van der Waals surface area contributed by atoms with Gasteiger partial charge in [0.15, 0.2) is 0 Å². The Bertz CT molecular complexity index is 1360. The van der Waals surface area contributed by atoms with E-state index in [1.165, 1.54) is 24.4 Å². The molecule has 1 fully saturated rings. The quantitative estimate of drug-likeness (QED) is 0.362. The Labute approximate surface area is 207 Å². The minimum Gasteiger partial charge on any atom is -0.339 e. The van der Waals surface area contributed by atoms with Gasteiger partial charge in [0, 0.05) is 24.8 Å². The topological polar surface area (TPSA) is 110 Å². The SMILES string of the molecule is C=[N+](C)[C@@H]1C[C@@]2(CN1C(=O)[C@H](Cc1cccc(F)c1)NC(=O)c1ccn[nH]1)C(=O)Nc1ccccc12. The molecule has 1 saturated heterocycles. The number of halogens is 1. The third-order valence-electron chi connectivity index (χ3n) is 6.93. The fourth-order valence-corrected chi connectivity index (χ4v) is 5.15. The number of nitrogens with zero attached hydrogens (tertiary/aromatic N) is 3. The standard InChI is InChI=1S/C26H25FN6O3/c1-32(2)22-14-26(18-8-3-4-9-19(18)30-25(26)36)15-33(22)24(35)21(13-16-6-5-7-17(27)12-16)29-23(34)20-10-11-28-31-20/h3-12,21-22H,1,13-15H2,2H3,(H2-,28,29,30,31,34,36)/p+1/t21-,22-,26-/m0/s1. The molecule has 2 aliphatic rings. The number of benzene rings is 2. The van der Waals surface area contributed by atoms with Crippen LogP contribution < -0.4 is 10.6 Å². The van der Waals surface area contributed by atoms with Gasteiger partial charge in [0.05, 0.1) is 6.42 Å². The van der Waals surface area contributed by atoms with Crippen molar-refractivity contribution in [2.45, 2.75) is 30.5 Å². The van der Waals surface area contributed by atoms with Crippen LogP contribution >= 0.6 is 0 Å². The highest BCUT2D eigenvalue weighted by Crippen LogP contribution is 2.46. The Hall–Kier alpha value is -4.34. The molecule has 0 radical (unpaired) electrons. The summed E-state index contributed by atoms with van der Waals surface area (Å²) in [5, 5.41) is 12.1. The second-order valence-corrected chi connectivity index (χ2v) is 9.32. The van der Waals surface area contributed by atoms with Crippen molar-refractivity contribution < 1.29 is 23.3 Å². The number of nitrogens with one attached hydrogen (secondary N) is 3. The summed E-state index contributed by atoms with van der Waals surface area (Å²) in [7, 11) is 1.74. The lowest BCUT2D eigenvalue weighted by Gasteiger charge is -2.27. The minimum atomic E-state index is -1.01. The summed E-state index contributed by atoms with van der Waals surface area (Å²) >= 11 is 0. The van der Waals surface area contributed by atoms with Crippen LogP contribution in [0.1, 0.15) is 28.0 Å². The van der Waals surface area contributed by atoms with Crippen LogP contribution in [-0.4, -0.2) is 69.9 Å². The molecule has 10 heteroatoms. The van der Waals surface area contributed by atoms with E-state index >= 15 is 0 Å². The number of aromatic nitrogens is 2. The van der Waals surface area contributed by atoms with Gasteiger partial charge < -0.3 is 10.6 Å². The van der Waals surface area contributed by atoms with Gasteiger partial charge in [-0.15, -0.1) is 0 Å². The molecule has 0 unspecified atom stereocenters. The van der Waals surface area contributed by atoms with E-state index in [1.807, 2.05) is 24.3 Å². The summed E-state index contributed by atoms with van der Waals surface area (Å²) in [4.78, 5) is 41.7. The third-order valence-corrected chi connectivity index (χ3v) is 6.93. The molecule has 36 heavy (non-hydrogen) atoms. The lowest BCUT2D eigenvalue weighted by molar-refractivity contribution is -0.549. The molecule has 1 spiro atoms. The Morgan fingerprint density at radius 1 is 1.28 bits per heavy atom. The largest absolute Gasteiger partial charge is 0.339 e. The van der Waals surface area contributed by atoms with Crippen molar-refractivity contribution in [2.24, 2.45) is 0 Å². The summed E-state index contributed by atoms with van der Waals surface area (Å²) in [5.41, 5.74) is 1.38. The number of H-pyrrole nitrogens is 1. The van der Waals surface area contributed by atoms with Crippen molar-refractivity contribution in [1.29, 1.82) is 0 Å². The van der Waals surface area contributed by atoms with Gasteiger partial charge in [0.2, 0.25) is 12.1 Å². The number of rotatable bonds is 6. The van der Waals surface area contributed by atoms with Crippen LogP contribution in [0, 0.1) is 5.82 Å². The highest BCUT2D eigenvalue weighted by molar-refractivity contribution is 6.07. The highest BCUT2D eigenvalue weighted by atomic mass is 19.1. The van der Waals surface area contributed by atoms with E-state index < -0.39 is 29.3 Å². The third kappa shape index (κ3) is 4.04. The Morgan fingerprint density at radius 2 is 2.08 bits per heavy atom. The first-order valence-corrected chi connectivity index (χ1v) is 11.6. The zero-order chi connectivity index (χ0) is 25.4. The number of anilines is 1. The lowest BCUT2D eigenvalue weighted by Crippen LogP contribution is -2.53. The van der Waals surface area contributed by atoms with Gasteiger partial charge in [-0.3, -0.25) is 24.4 Å². The first-order valence-electron chi connectivity index (χ1n) is 11.6. The number of fused-ring (bicyclic) bond motifs is 2. The van der Waals surface area contributed by atoms with Crippen LogP contribution in [0.15, 0.2) is 60.8 Å². The molecule has 5 rings (SSSR count). The van der Waals surface area contributed by atoms with Crippen LogP contribution in [-0.2, 0) is 21.4 Å². The second kappa shape index (κ2) is 9.03. The van der Waals surface area contributed by atoms with Crippen molar-refractivity contribution in [1.82, 2.24) is 20.4 Å². The molecule has 0 aliphatic carbocycles. The predicted molar refractivity (Wildman–Crippen MR) is 130 cm³/mol. The van der Waals surface area contributed by atoms with Crippen LogP contribution in [0.2, 0.25) is 0 Å². The van der Waals surface area contributed by atoms with E-state index in [0.717, 1.165) is 11.3 Å². The Morgan fingerprint density at radius 3 is 2.81 bits per heavy atom. The van der Waals surface area contributed by atoms with Gasteiger partial charge in [-0.1, -0.05) is 30.3 Å². The molecule has 0 bridgehead atoms. The number of amides is 3. The van der Waals surface area contributed by atoms with Crippen molar-refractivity contribution in [3.63, 3.8) is 0 Å². The van der Waals surface area contributed by atoms with Gasteiger partial charge in [-0.25, -0.2) is 8.97 Å². The second-order valence-electron chi connectivity index (χ2n) is 9.32. The average molecular weight is 490 g/mol. The fourth-order valence-electron chi connectivity index (χ4n) is 5.15. The van der Waals surface area contributed by atoms with Crippen molar-refractivity contribution in [3.05, 3.63) is 83.4 Å². The highest BCUT2D eigenvalue weighted by Gasteiger charge is 2.59. The number of carbonyl (C=O) groups excluding carboxylic acids is 3. The maximum absolute atomic E-state index is 14.0. The molecule has 3 heterocycles. The summed E-state index contributed by atoms with van der Waals surface area (Å²) in [6.07, 6.45) is 1.36. The van der Waals surface area contributed by atoms with Crippen molar-refractivity contribution in [2.75, 3.05) is 18.9 Å². The van der Waals surface area contributed by atoms with E-state index in [-0.39, 0.29) is 30.5 Å². The minimum absolute atomic E-state index is 0.0658. The molecular weight excluding hydrogens is 463 g/mol. The number of likely N-dealkylation sites (tertiary alicyclic amines) is 1. The predicted octanol–water partition coefficient (Wildman–Crippen LogP) is 1.68. The Balaban J connectivity index is 1.49. The molecule has 0 saturated carbocycles. The fraction of sp³-hybridized carbons (Fsp3) is 0.269. The number of hydrogen-bond acceptors (Lipinski definition) is 4. The lowest BCUT2D eigenvalue weighted by atomic mass is 9.80. The van der Waals surface area contributed by atoms with Crippen molar-refractivity contribution >= 4 is 30.1 Å². The molecule has 3 aromatic rings. The number of aromatic amines is 1. The number of carbonyl (C=O) groups is 3. The van der Waals surface area contributed by atoms with Gasteiger partial charge >= 0.3 is 0 Å². The summed E-state index contributed by atoms with van der Waals surface area (Å²) in [6.45, 7) is 4.13. The zero-order valence-corrected chi connectivity index (χ0v) is 19.7. The van der Waals surface area contributed by atoms with E-state index in [1.54, 1.807) is 28.7 Å². The van der Waals surface area contributed by atoms with Gasteiger partial charge in [-0.05, 0) is 35.4 Å². The molecule has 2 aliphatic heterocycles. The number of para-hydroxylation sites is 1. The van der Waals surface area contributed by atoms with Crippen LogP contribution in [0.4, 0.5) is 10.1 Å². The summed E-state index contributed by atoms with van der Waals surface area (Å²) < 4.78 is 15.6. The molecular formula is C26H26FN6O3+. The maximum atomic E-state index is 14.0. The van der Waals surface area contributed by atoms with Gasteiger partial charge in [-0.2, -0.15) is 5.10 Å². The molecule has 9 nitrogen and oxygen atoms in total. The van der Waals surface area contributed by atoms with Crippen LogP contribution in [0.5, 0.6) is 0 Å². The van der Waals surface area contributed by atoms with Gasteiger partial charge in [0.25, 0.3) is 11.8 Å². The average Bonchev–Trinajstić information content (AvgIpc) is 3.58. The first-order chi connectivity index (χ1) is 17.3. The van der Waals surface area contributed by atoms with E-state index in [9.17, 15) is 18.8 Å². The number of hydrogen-bond donors (Lipinski definition) is 3. The van der Waals surface area contributed by atoms with Gasteiger partial charge in [0.1, 0.15) is 36.7 Å². The molecule has 3 amide bonds. The van der Waals surface area contributed by atoms with Crippen LogP contribution in [0.3, 0.4) is 0 Å². The summed E-state index contributed by atoms with van der Waals surface area (Å²) in [5.74, 6) is -1.51. The van der Waals surface area contributed by atoms with E-state index in [4.69, 9.17) is 0 Å². The first kappa shape index (κ1) is 23.4. The summed E-state index contributed by atoms with van der Waals surface area (Å²) in [6, 6.07) is 13.8. The normalized spacial score (nSPS) is 21.2.